The molecule has 30 heavy (non-hydrogen) atoms. The quantitative estimate of drug-likeness (QED) is 0.630. The highest BCUT2D eigenvalue weighted by Gasteiger charge is 2.19. The standard InChI is InChI=1S/C23H26FN3O3/c1-16(25-20-11-5-3-9-18(20)24)22-26-19-10-4-2-8-17(19)23(28)27(22)13-15-30-21-12-6-7-14-29-21/h2-5,8-11,16,21,25H,6-7,12-15H2,1H3/t16-,21+/m1/s1. The third-order valence-electron chi connectivity index (χ3n) is 5.28. The van der Waals surface area contributed by atoms with Crippen LogP contribution >= 0.6 is 0 Å². The zero-order chi connectivity index (χ0) is 20.9. The van der Waals surface area contributed by atoms with Crippen LogP contribution in [0, 0.1) is 5.82 Å². The van der Waals surface area contributed by atoms with Crippen LogP contribution in [0.4, 0.5) is 10.1 Å². The summed E-state index contributed by atoms with van der Waals surface area (Å²) in [6.45, 7) is 3.25. The highest BCUT2D eigenvalue weighted by Crippen LogP contribution is 2.21. The van der Waals surface area contributed by atoms with Gasteiger partial charge in [-0.2, -0.15) is 0 Å². The molecule has 4 rings (SSSR count). The fourth-order valence-corrected chi connectivity index (χ4v) is 3.73. The predicted molar refractivity (Wildman–Crippen MR) is 114 cm³/mol. The molecule has 1 aliphatic rings. The van der Waals surface area contributed by atoms with Crippen molar-refractivity contribution in [2.24, 2.45) is 0 Å². The van der Waals surface area contributed by atoms with Crippen molar-refractivity contribution in [2.45, 2.75) is 45.1 Å². The molecule has 2 atom stereocenters. The molecule has 2 heterocycles. The van der Waals surface area contributed by atoms with E-state index in [0.717, 1.165) is 19.3 Å². The topological polar surface area (TPSA) is 65.4 Å². The summed E-state index contributed by atoms with van der Waals surface area (Å²) in [4.78, 5) is 17.9. The Balaban J connectivity index is 1.61. The first-order valence-electron chi connectivity index (χ1n) is 10.4. The summed E-state index contributed by atoms with van der Waals surface area (Å²) < 4.78 is 27.2. The van der Waals surface area contributed by atoms with E-state index in [-0.39, 0.29) is 23.7 Å². The van der Waals surface area contributed by atoms with E-state index in [9.17, 15) is 9.18 Å². The van der Waals surface area contributed by atoms with Crippen molar-refractivity contribution in [3.8, 4) is 0 Å². The van der Waals surface area contributed by atoms with Gasteiger partial charge >= 0.3 is 0 Å². The summed E-state index contributed by atoms with van der Waals surface area (Å²) in [7, 11) is 0. The highest BCUT2D eigenvalue weighted by molar-refractivity contribution is 5.77. The first-order chi connectivity index (χ1) is 14.6. The number of fused-ring (bicyclic) bond motifs is 1. The molecule has 1 aromatic heterocycles. The minimum atomic E-state index is -0.384. The van der Waals surface area contributed by atoms with E-state index in [1.807, 2.05) is 25.1 Å². The molecule has 158 valence electrons. The minimum absolute atomic E-state index is 0.133. The number of nitrogens with zero attached hydrogens (tertiary/aromatic N) is 2. The van der Waals surface area contributed by atoms with Gasteiger partial charge in [0.15, 0.2) is 6.29 Å². The van der Waals surface area contributed by atoms with E-state index in [1.165, 1.54) is 6.07 Å². The molecule has 0 spiro atoms. The number of nitrogens with one attached hydrogen (secondary N) is 1. The second kappa shape index (κ2) is 9.36. The van der Waals surface area contributed by atoms with Crippen LogP contribution in [0.1, 0.15) is 38.1 Å². The van der Waals surface area contributed by atoms with Gasteiger partial charge in [-0.1, -0.05) is 24.3 Å². The van der Waals surface area contributed by atoms with E-state index in [0.29, 0.717) is 42.2 Å². The minimum Gasteiger partial charge on any atom is -0.373 e. The van der Waals surface area contributed by atoms with E-state index < -0.39 is 0 Å². The molecular formula is C23H26FN3O3. The van der Waals surface area contributed by atoms with Gasteiger partial charge < -0.3 is 14.8 Å². The Morgan fingerprint density at radius 3 is 2.83 bits per heavy atom. The Hall–Kier alpha value is -2.77. The lowest BCUT2D eigenvalue weighted by Gasteiger charge is -2.24. The molecule has 1 N–H and O–H groups in total. The van der Waals surface area contributed by atoms with Crippen LogP contribution in [0.2, 0.25) is 0 Å². The van der Waals surface area contributed by atoms with Crippen LogP contribution < -0.4 is 10.9 Å². The molecule has 0 amide bonds. The number of para-hydroxylation sites is 2. The number of hydrogen-bond donors (Lipinski definition) is 1. The zero-order valence-electron chi connectivity index (χ0n) is 17.0. The lowest BCUT2D eigenvalue weighted by atomic mass is 10.2. The van der Waals surface area contributed by atoms with Crippen LogP contribution in [-0.4, -0.2) is 29.1 Å². The highest BCUT2D eigenvalue weighted by atomic mass is 19.1. The average molecular weight is 411 g/mol. The Kier molecular flexibility index (Phi) is 6.40. The smallest absolute Gasteiger partial charge is 0.261 e. The van der Waals surface area contributed by atoms with Crippen molar-refractivity contribution < 1.29 is 13.9 Å². The molecule has 0 saturated carbocycles. The zero-order valence-corrected chi connectivity index (χ0v) is 17.0. The van der Waals surface area contributed by atoms with Crippen molar-refractivity contribution in [1.29, 1.82) is 0 Å². The van der Waals surface area contributed by atoms with E-state index >= 15 is 0 Å². The fraction of sp³-hybridized carbons (Fsp3) is 0.391. The Morgan fingerprint density at radius 1 is 1.23 bits per heavy atom. The molecule has 1 fully saturated rings. The van der Waals surface area contributed by atoms with Gasteiger partial charge in [0.2, 0.25) is 0 Å². The summed E-state index contributed by atoms with van der Waals surface area (Å²) in [6, 6.07) is 13.3. The first kappa shape index (κ1) is 20.5. The SMILES string of the molecule is C[C@@H](Nc1ccccc1F)c1nc2ccccc2c(=O)n1CCO[C@H]1CCCCO1. The van der Waals surface area contributed by atoms with Gasteiger partial charge in [-0.25, -0.2) is 9.37 Å². The number of hydrogen-bond acceptors (Lipinski definition) is 5. The van der Waals surface area contributed by atoms with E-state index in [4.69, 9.17) is 14.5 Å². The summed E-state index contributed by atoms with van der Waals surface area (Å²) in [5, 5.41) is 3.69. The number of rotatable bonds is 7. The molecule has 0 radical (unpaired) electrons. The maximum Gasteiger partial charge on any atom is 0.261 e. The number of aromatic nitrogens is 2. The molecule has 0 aliphatic carbocycles. The van der Waals surface area contributed by atoms with Gasteiger partial charge in [0.1, 0.15) is 11.6 Å². The monoisotopic (exact) mass is 411 g/mol. The number of halogens is 1. The maximum atomic E-state index is 14.1. The summed E-state index contributed by atoms with van der Waals surface area (Å²) in [5.41, 5.74) is 0.851. The molecule has 6 nitrogen and oxygen atoms in total. The molecule has 0 unspecified atom stereocenters. The van der Waals surface area contributed by atoms with Gasteiger partial charge in [0.05, 0.1) is 35.8 Å². The maximum absolute atomic E-state index is 14.1. The van der Waals surface area contributed by atoms with E-state index in [1.54, 1.807) is 28.8 Å². The fourth-order valence-electron chi connectivity index (χ4n) is 3.73. The molecule has 7 heteroatoms. The second-order valence-electron chi connectivity index (χ2n) is 7.46. The van der Waals surface area contributed by atoms with Gasteiger partial charge in [0.25, 0.3) is 5.56 Å². The average Bonchev–Trinajstić information content (AvgIpc) is 2.77. The van der Waals surface area contributed by atoms with Crippen LogP contribution in [0.25, 0.3) is 10.9 Å². The van der Waals surface area contributed by atoms with Crippen molar-refractivity contribution in [3.63, 3.8) is 0 Å². The van der Waals surface area contributed by atoms with Crippen molar-refractivity contribution in [1.82, 2.24) is 9.55 Å². The lowest BCUT2D eigenvalue weighted by Crippen LogP contribution is -2.31. The van der Waals surface area contributed by atoms with Crippen LogP contribution in [0.5, 0.6) is 0 Å². The van der Waals surface area contributed by atoms with E-state index in [2.05, 4.69) is 5.32 Å². The van der Waals surface area contributed by atoms with Gasteiger partial charge in [-0.05, 0) is 50.5 Å². The lowest BCUT2D eigenvalue weighted by molar-refractivity contribution is -0.163. The Morgan fingerprint density at radius 2 is 2.03 bits per heavy atom. The van der Waals surface area contributed by atoms with Crippen molar-refractivity contribution in [3.05, 3.63) is 70.5 Å². The number of anilines is 1. The van der Waals surface area contributed by atoms with Crippen LogP contribution in [0.15, 0.2) is 53.3 Å². The summed E-state index contributed by atoms with van der Waals surface area (Å²) in [5.74, 6) is 0.187. The molecule has 1 saturated heterocycles. The Bertz CT molecular complexity index is 1060. The third-order valence-corrected chi connectivity index (χ3v) is 5.28. The predicted octanol–water partition coefficient (Wildman–Crippen LogP) is 4.25. The van der Waals surface area contributed by atoms with Gasteiger partial charge in [-0.3, -0.25) is 9.36 Å². The van der Waals surface area contributed by atoms with Gasteiger partial charge in [0, 0.05) is 6.61 Å². The molecule has 2 aromatic carbocycles. The molecule has 3 aromatic rings. The molecule has 1 aliphatic heterocycles. The third kappa shape index (κ3) is 4.52. The molecular weight excluding hydrogens is 385 g/mol. The largest absolute Gasteiger partial charge is 0.373 e. The summed E-state index contributed by atoms with van der Waals surface area (Å²) >= 11 is 0. The normalized spacial score (nSPS) is 17.7. The Labute approximate surface area is 174 Å². The van der Waals surface area contributed by atoms with Crippen molar-refractivity contribution in [2.75, 3.05) is 18.5 Å². The van der Waals surface area contributed by atoms with Crippen molar-refractivity contribution >= 4 is 16.6 Å². The summed E-state index contributed by atoms with van der Waals surface area (Å²) in [6.07, 6.45) is 2.78. The van der Waals surface area contributed by atoms with Gasteiger partial charge in [-0.15, -0.1) is 0 Å². The number of benzene rings is 2. The van der Waals surface area contributed by atoms with Crippen LogP contribution in [-0.2, 0) is 16.0 Å². The number of ether oxygens (including phenoxy) is 2. The first-order valence-corrected chi connectivity index (χ1v) is 10.4. The van der Waals surface area contributed by atoms with Crippen LogP contribution in [0.3, 0.4) is 0 Å². The second-order valence-corrected chi connectivity index (χ2v) is 7.46. The molecule has 0 bridgehead atoms.